The van der Waals surface area contributed by atoms with Crippen molar-refractivity contribution in [2.45, 2.75) is 36.1 Å². The van der Waals surface area contributed by atoms with Crippen LogP contribution in [-0.2, 0) is 17.1 Å². The molecular formula is C48H52F2N6O4S2. The summed E-state index contributed by atoms with van der Waals surface area (Å²) >= 11 is 1.58. The van der Waals surface area contributed by atoms with E-state index in [2.05, 4.69) is 24.7 Å². The third-order valence-electron chi connectivity index (χ3n) is 11.3. The molecule has 1 aliphatic heterocycles. The van der Waals surface area contributed by atoms with Crippen molar-refractivity contribution in [2.24, 2.45) is 7.05 Å². The van der Waals surface area contributed by atoms with E-state index < -0.39 is 16.0 Å². The number of rotatable bonds is 16. The Hall–Kier alpha value is -5.83. The molecule has 1 atom stereocenters. The molecule has 6 aromatic rings. The quantitative estimate of drug-likeness (QED) is 0.0820. The van der Waals surface area contributed by atoms with Crippen LogP contribution in [0.2, 0.25) is 0 Å². The molecule has 3 N–H and O–H groups in total. The summed E-state index contributed by atoms with van der Waals surface area (Å²) in [7, 11) is 2.00. The Morgan fingerprint density at radius 3 is 2.13 bits per heavy atom. The van der Waals surface area contributed by atoms with Gasteiger partial charge in [-0.2, -0.15) is 0 Å². The van der Waals surface area contributed by atoms with Crippen LogP contribution >= 0.6 is 11.8 Å². The lowest BCUT2D eigenvalue weighted by Crippen LogP contribution is -2.46. The zero-order chi connectivity index (χ0) is 44.1. The second-order valence-corrected chi connectivity index (χ2v) is 18.7. The fourth-order valence-electron chi connectivity index (χ4n) is 7.88. The first-order chi connectivity index (χ1) is 29.7. The molecule has 0 aliphatic carbocycles. The number of hydrogen-bond acceptors (Lipinski definition) is 8. The van der Waals surface area contributed by atoms with E-state index in [0.29, 0.717) is 41.5 Å². The molecule has 62 heavy (non-hydrogen) atoms. The standard InChI is InChI=1S/C48H52F2N6O4S2/c1-32-28-43(20-21-44(32)51-39(22-23-53(3)4)31-61-42-11-7-9-37(50)30-42)62(59,60)52-38-16-18-40(19-17-38)55-24-26-56(27-25-55)41-10-6-8-35(29-41)46-45(48(57)58)33(2)54(5)47(46)34-12-14-36(49)15-13-34/h6-21,28-30,39,51-52H,22-27,31H2,1-5H3,(H,57,58)/t39-/m1/s1. The fraction of sp³-hybridized carbons (Fsp3) is 0.271. The molecule has 0 unspecified atom stereocenters. The minimum Gasteiger partial charge on any atom is -0.478 e. The summed E-state index contributed by atoms with van der Waals surface area (Å²) < 4.78 is 59.4. The minimum atomic E-state index is -3.87. The van der Waals surface area contributed by atoms with Crippen molar-refractivity contribution >= 4 is 50.5 Å². The maximum atomic E-state index is 13.9. The number of carbonyl (C=O) groups is 1. The van der Waals surface area contributed by atoms with Crippen molar-refractivity contribution in [3.63, 3.8) is 0 Å². The lowest BCUT2D eigenvalue weighted by atomic mass is 9.96. The largest absolute Gasteiger partial charge is 0.478 e. The molecule has 0 amide bonds. The number of benzene rings is 5. The monoisotopic (exact) mass is 878 g/mol. The predicted octanol–water partition coefficient (Wildman–Crippen LogP) is 9.60. The molecule has 1 aromatic heterocycles. The van der Waals surface area contributed by atoms with Crippen LogP contribution in [0.4, 0.5) is 31.5 Å². The highest BCUT2D eigenvalue weighted by molar-refractivity contribution is 7.99. The zero-order valence-corrected chi connectivity index (χ0v) is 37.2. The Balaban J connectivity index is 0.985. The van der Waals surface area contributed by atoms with Crippen LogP contribution in [0.25, 0.3) is 22.4 Å². The fourth-order valence-corrected chi connectivity index (χ4v) is 10.0. The summed E-state index contributed by atoms with van der Waals surface area (Å²) in [5.74, 6) is -0.933. The normalized spacial score (nSPS) is 13.7. The van der Waals surface area contributed by atoms with Crippen molar-refractivity contribution in [3.8, 4) is 22.4 Å². The van der Waals surface area contributed by atoms with Gasteiger partial charge in [0.1, 0.15) is 11.6 Å². The number of nitrogens with zero attached hydrogens (tertiary/aromatic N) is 4. The number of halogens is 2. The average molecular weight is 879 g/mol. The summed E-state index contributed by atoms with van der Waals surface area (Å²) in [5, 5.41) is 13.9. The van der Waals surface area contributed by atoms with Crippen LogP contribution in [0, 0.1) is 25.5 Å². The predicted molar refractivity (Wildman–Crippen MR) is 249 cm³/mol. The molecule has 5 aromatic carbocycles. The first-order valence-corrected chi connectivity index (χ1v) is 23.0. The van der Waals surface area contributed by atoms with Gasteiger partial charge in [0.05, 0.1) is 16.2 Å². The van der Waals surface area contributed by atoms with E-state index in [4.69, 9.17) is 0 Å². The van der Waals surface area contributed by atoms with Gasteiger partial charge < -0.3 is 29.7 Å². The van der Waals surface area contributed by atoms with E-state index >= 15 is 0 Å². The first-order valence-electron chi connectivity index (χ1n) is 20.5. The average Bonchev–Trinajstić information content (AvgIpc) is 3.52. The summed E-state index contributed by atoms with van der Waals surface area (Å²) in [6.45, 7) is 7.41. The van der Waals surface area contributed by atoms with E-state index in [0.717, 1.165) is 64.7 Å². The van der Waals surface area contributed by atoms with Gasteiger partial charge in [-0.15, -0.1) is 11.8 Å². The van der Waals surface area contributed by atoms with Gasteiger partial charge in [0.2, 0.25) is 0 Å². The Morgan fingerprint density at radius 1 is 0.806 bits per heavy atom. The van der Waals surface area contributed by atoms with E-state index in [1.807, 2.05) is 75.1 Å². The zero-order valence-electron chi connectivity index (χ0n) is 35.5. The number of sulfonamides is 1. The molecule has 0 spiro atoms. The number of piperazine rings is 1. The maximum absolute atomic E-state index is 13.9. The number of nitrogens with one attached hydrogen (secondary N) is 2. The number of thioether (sulfide) groups is 1. The minimum absolute atomic E-state index is 0.0688. The molecule has 0 bridgehead atoms. The second kappa shape index (κ2) is 19.1. The van der Waals surface area contributed by atoms with Gasteiger partial charge in [0.15, 0.2) is 0 Å². The van der Waals surface area contributed by atoms with E-state index in [1.165, 1.54) is 24.3 Å². The Labute approximate surface area is 367 Å². The summed E-state index contributed by atoms with van der Waals surface area (Å²) in [6.07, 6.45) is 0.850. The number of aryl methyl sites for hydroxylation is 1. The van der Waals surface area contributed by atoms with Crippen molar-refractivity contribution in [1.82, 2.24) is 9.47 Å². The van der Waals surface area contributed by atoms with Crippen molar-refractivity contribution in [2.75, 3.05) is 72.4 Å². The van der Waals surface area contributed by atoms with E-state index in [1.54, 1.807) is 67.2 Å². The van der Waals surface area contributed by atoms with Crippen molar-refractivity contribution < 1.29 is 27.1 Å². The lowest BCUT2D eigenvalue weighted by molar-refractivity contribution is 0.0696. The highest BCUT2D eigenvalue weighted by Gasteiger charge is 2.27. The Kier molecular flexibility index (Phi) is 13.6. The van der Waals surface area contributed by atoms with Gasteiger partial charge in [0.25, 0.3) is 10.0 Å². The molecule has 10 nitrogen and oxygen atoms in total. The van der Waals surface area contributed by atoms with Gasteiger partial charge >= 0.3 is 5.97 Å². The molecule has 0 saturated carbocycles. The number of aromatic carboxylic acids is 1. The Bertz CT molecular complexity index is 2650. The molecule has 1 fully saturated rings. The molecular weight excluding hydrogens is 827 g/mol. The van der Waals surface area contributed by atoms with Gasteiger partial charge in [-0.05, 0) is 155 Å². The van der Waals surface area contributed by atoms with Crippen LogP contribution in [-0.4, -0.2) is 87.6 Å². The molecule has 0 radical (unpaired) electrons. The maximum Gasteiger partial charge on any atom is 0.338 e. The van der Waals surface area contributed by atoms with Gasteiger partial charge in [-0.1, -0.05) is 18.2 Å². The molecule has 2 heterocycles. The highest BCUT2D eigenvalue weighted by Crippen LogP contribution is 2.40. The lowest BCUT2D eigenvalue weighted by Gasteiger charge is -2.37. The molecule has 14 heteroatoms. The number of carboxylic acids is 1. The van der Waals surface area contributed by atoms with Gasteiger partial charge in [0, 0.05) is 83.9 Å². The molecule has 1 aliphatic rings. The smallest absolute Gasteiger partial charge is 0.338 e. The number of aromatic nitrogens is 1. The van der Waals surface area contributed by atoms with Crippen LogP contribution < -0.4 is 19.8 Å². The number of hydrogen-bond donors (Lipinski definition) is 3. The van der Waals surface area contributed by atoms with Crippen LogP contribution in [0.15, 0.2) is 125 Å². The molecule has 324 valence electrons. The van der Waals surface area contributed by atoms with Gasteiger partial charge in [-0.25, -0.2) is 22.0 Å². The molecule has 7 rings (SSSR count). The van der Waals surface area contributed by atoms with Crippen LogP contribution in [0.1, 0.15) is 28.0 Å². The van der Waals surface area contributed by atoms with Crippen molar-refractivity contribution in [1.29, 1.82) is 0 Å². The summed E-state index contributed by atoms with van der Waals surface area (Å²) in [5.41, 5.74) is 7.68. The first kappa shape index (κ1) is 44.2. The summed E-state index contributed by atoms with van der Waals surface area (Å²) in [4.78, 5) is 20.3. The Morgan fingerprint density at radius 2 is 1.48 bits per heavy atom. The number of anilines is 4. The van der Waals surface area contributed by atoms with E-state index in [-0.39, 0.29) is 28.1 Å². The van der Waals surface area contributed by atoms with Crippen LogP contribution in [0.3, 0.4) is 0 Å². The van der Waals surface area contributed by atoms with E-state index in [9.17, 15) is 27.1 Å². The third kappa shape index (κ3) is 10.3. The highest BCUT2D eigenvalue weighted by atomic mass is 32.2. The van der Waals surface area contributed by atoms with Crippen molar-refractivity contribution in [3.05, 3.63) is 144 Å². The number of carboxylic acid groups (broad SMARTS) is 1. The summed E-state index contributed by atoms with van der Waals surface area (Å²) in [6, 6.07) is 33.1. The third-order valence-corrected chi connectivity index (χ3v) is 13.9. The SMILES string of the molecule is Cc1cc(S(=O)(=O)Nc2ccc(N3CCN(c4cccc(-c5c(C(=O)O)c(C)n(C)c5-c5ccc(F)cc5)c4)CC3)cc2)ccc1N[C@H](CCN(C)C)CSc1cccc(F)c1. The van der Waals surface area contributed by atoms with Crippen LogP contribution in [0.5, 0.6) is 0 Å². The topological polar surface area (TPSA) is 110 Å². The van der Waals surface area contributed by atoms with Gasteiger partial charge in [-0.3, -0.25) is 4.72 Å². The second-order valence-electron chi connectivity index (χ2n) is 15.9. The molecule has 1 saturated heterocycles.